The van der Waals surface area contributed by atoms with Crippen LogP contribution in [0.1, 0.15) is 5.56 Å². The minimum Gasteiger partial charge on any atom is -0.759 e. The Hall–Kier alpha value is 1.33. The number of aromatic nitrogens is 1. The third kappa shape index (κ3) is 10.3. The predicted molar refractivity (Wildman–Crippen MR) is 68.1 cm³/mol. The van der Waals surface area contributed by atoms with Crippen molar-refractivity contribution in [2.24, 2.45) is 5.73 Å². The largest absolute Gasteiger partial charge is 1.00 e. The van der Waals surface area contributed by atoms with Crippen LogP contribution in [-0.2, 0) is 21.6 Å². The number of nitrogens with one attached hydrogen (secondary N) is 1. The number of hydrogen-bond donors (Lipinski definition) is 3. The van der Waals surface area contributed by atoms with Gasteiger partial charge in [-0.05, 0) is 11.6 Å². The second-order valence-corrected chi connectivity index (χ2v) is 4.73. The number of carbonyl (C=O) groups is 1. The van der Waals surface area contributed by atoms with Gasteiger partial charge in [0.1, 0.15) is 6.04 Å². The van der Waals surface area contributed by atoms with E-state index in [0.29, 0.717) is 6.42 Å². The number of fused-ring (bicyclic) bond motifs is 1. The molecule has 22 heavy (non-hydrogen) atoms. The van der Waals surface area contributed by atoms with Crippen LogP contribution in [0.25, 0.3) is 10.9 Å². The van der Waals surface area contributed by atoms with Crippen LogP contribution >= 0.6 is 0 Å². The second kappa shape index (κ2) is 11.8. The molecular formula is C11H12K2N2O6S. The van der Waals surface area contributed by atoms with Gasteiger partial charge < -0.3 is 24.9 Å². The van der Waals surface area contributed by atoms with Gasteiger partial charge in [0.25, 0.3) is 0 Å². The molecule has 110 valence electrons. The number of para-hydroxylation sites is 1. The van der Waals surface area contributed by atoms with Crippen LogP contribution in [0.4, 0.5) is 0 Å². The van der Waals surface area contributed by atoms with Crippen LogP contribution in [-0.4, -0.2) is 39.6 Å². The molecule has 1 aromatic carbocycles. The van der Waals surface area contributed by atoms with Crippen molar-refractivity contribution in [1.82, 2.24) is 4.98 Å². The van der Waals surface area contributed by atoms with Crippen molar-refractivity contribution in [1.29, 1.82) is 0 Å². The number of benzene rings is 1. The Bertz CT molecular complexity index is 695. The maximum absolute atomic E-state index is 10.6. The summed E-state index contributed by atoms with van der Waals surface area (Å²) in [7, 11) is -5.17. The Morgan fingerprint density at radius 3 is 2.27 bits per heavy atom. The molecule has 0 aliphatic carbocycles. The first-order chi connectivity index (χ1) is 9.18. The van der Waals surface area contributed by atoms with Gasteiger partial charge in [-0.25, -0.2) is 0 Å². The summed E-state index contributed by atoms with van der Waals surface area (Å²) in [6.45, 7) is 0. The number of rotatable bonds is 3. The van der Waals surface area contributed by atoms with Crippen molar-refractivity contribution >= 4 is 27.3 Å². The molecule has 0 amide bonds. The molecule has 0 bridgehead atoms. The van der Waals surface area contributed by atoms with Gasteiger partial charge in [-0.2, -0.15) is 0 Å². The summed E-state index contributed by atoms with van der Waals surface area (Å²) in [6.07, 6.45) is 2.16. The summed E-state index contributed by atoms with van der Waals surface area (Å²) in [6, 6.07) is 6.91. The normalized spacial score (nSPS) is 11.4. The quantitative estimate of drug-likeness (QED) is 0.272. The van der Waals surface area contributed by atoms with E-state index in [1.54, 1.807) is 0 Å². The van der Waals surface area contributed by atoms with Crippen molar-refractivity contribution in [2.45, 2.75) is 12.5 Å². The van der Waals surface area contributed by atoms with Gasteiger partial charge in [-0.15, -0.1) is 0 Å². The molecule has 0 spiro atoms. The zero-order valence-corrected chi connectivity index (χ0v) is 19.2. The van der Waals surface area contributed by atoms with Gasteiger partial charge in [0.05, 0.1) is 0 Å². The van der Waals surface area contributed by atoms with Gasteiger partial charge in [0, 0.05) is 33.9 Å². The van der Waals surface area contributed by atoms with Gasteiger partial charge in [0.2, 0.25) is 0 Å². The summed E-state index contributed by atoms with van der Waals surface area (Å²) < 4.78 is 34.1. The number of H-pyrrole nitrogens is 1. The molecule has 0 aliphatic heterocycles. The molecule has 2 aromatic rings. The van der Waals surface area contributed by atoms with E-state index in [1.807, 2.05) is 30.5 Å². The van der Waals surface area contributed by atoms with Crippen LogP contribution in [0.2, 0.25) is 0 Å². The first-order valence-electron chi connectivity index (χ1n) is 5.38. The van der Waals surface area contributed by atoms with Gasteiger partial charge in [0.15, 0.2) is 0 Å². The first-order valence-corrected chi connectivity index (χ1v) is 6.72. The van der Waals surface area contributed by atoms with E-state index in [0.717, 1.165) is 16.5 Å². The fraction of sp³-hybridized carbons (Fsp3) is 0.182. The van der Waals surface area contributed by atoms with E-state index in [9.17, 15) is 4.79 Å². The molecule has 8 nitrogen and oxygen atoms in total. The maximum atomic E-state index is 10.6. The van der Waals surface area contributed by atoms with Crippen LogP contribution in [0.5, 0.6) is 0 Å². The van der Waals surface area contributed by atoms with Crippen LogP contribution in [0.3, 0.4) is 0 Å². The van der Waals surface area contributed by atoms with Crippen LogP contribution < -0.4 is 109 Å². The van der Waals surface area contributed by atoms with Crippen molar-refractivity contribution < 1.29 is 130 Å². The monoisotopic (exact) mass is 378 g/mol. The molecule has 0 radical (unpaired) electrons. The standard InChI is InChI=1S/C11H12N2O2.2K.H2O4S/c12-9(11(14)15)5-7-6-13-10-4-2-1-3-8(7)10;;;1-5(2,3)4/h1-4,6,9,13H,5,12H2,(H,14,15);;;(H2,1,2,3,4)/q;2*+1;/p-2/t9-;;;/m0.../s1. The third-order valence-corrected chi connectivity index (χ3v) is 2.43. The number of aromatic amines is 1. The van der Waals surface area contributed by atoms with Crippen molar-refractivity contribution in [3.8, 4) is 0 Å². The minimum absolute atomic E-state index is 0. The van der Waals surface area contributed by atoms with Crippen molar-refractivity contribution in [2.75, 3.05) is 0 Å². The summed E-state index contributed by atoms with van der Waals surface area (Å²) >= 11 is 0. The Kier molecular flexibility index (Phi) is 13.7. The Morgan fingerprint density at radius 1 is 1.27 bits per heavy atom. The predicted octanol–water partition coefficient (Wildman–Crippen LogP) is -6.21. The fourth-order valence-electron chi connectivity index (χ4n) is 1.62. The summed E-state index contributed by atoms with van der Waals surface area (Å²) in [5.41, 5.74) is 7.43. The Balaban J connectivity index is 0. The zero-order chi connectivity index (χ0) is 15.3. The SMILES string of the molecule is N[C@@H](Cc1c[nH]c2ccccc12)C(=O)O.O=S(=O)([O-])[O-].[K+].[K+]. The molecular weight excluding hydrogens is 366 g/mol. The number of aliphatic carboxylic acids is 1. The van der Waals surface area contributed by atoms with E-state index in [-0.39, 0.29) is 103 Å². The molecule has 0 aliphatic rings. The van der Waals surface area contributed by atoms with E-state index in [2.05, 4.69) is 4.98 Å². The van der Waals surface area contributed by atoms with Gasteiger partial charge in [-0.1, -0.05) is 18.2 Å². The number of hydrogen-bond acceptors (Lipinski definition) is 6. The molecule has 1 heterocycles. The number of carboxylic acid groups (broad SMARTS) is 1. The van der Waals surface area contributed by atoms with E-state index >= 15 is 0 Å². The topological polar surface area (TPSA) is 159 Å². The molecule has 2 rings (SSSR count). The Labute approximate surface area is 212 Å². The number of nitrogens with two attached hydrogens (primary N) is 1. The molecule has 4 N–H and O–H groups in total. The molecule has 0 saturated carbocycles. The van der Waals surface area contributed by atoms with E-state index in [4.69, 9.17) is 28.4 Å². The van der Waals surface area contributed by atoms with E-state index in [1.165, 1.54) is 0 Å². The van der Waals surface area contributed by atoms with Crippen LogP contribution in [0, 0.1) is 0 Å². The molecule has 0 unspecified atom stereocenters. The fourth-order valence-corrected chi connectivity index (χ4v) is 1.62. The zero-order valence-electron chi connectivity index (χ0n) is 12.1. The molecule has 1 aromatic heterocycles. The summed E-state index contributed by atoms with van der Waals surface area (Å²) in [5, 5.41) is 9.75. The first kappa shape index (κ1) is 25.6. The molecule has 1 atom stereocenters. The smallest absolute Gasteiger partial charge is 0.759 e. The van der Waals surface area contributed by atoms with Crippen molar-refractivity contribution in [3.05, 3.63) is 36.0 Å². The number of carboxylic acids is 1. The van der Waals surface area contributed by atoms with Gasteiger partial charge in [-0.3, -0.25) is 13.2 Å². The Morgan fingerprint density at radius 2 is 1.77 bits per heavy atom. The van der Waals surface area contributed by atoms with Crippen molar-refractivity contribution in [3.63, 3.8) is 0 Å². The van der Waals surface area contributed by atoms with Gasteiger partial charge >= 0.3 is 109 Å². The summed E-state index contributed by atoms with van der Waals surface area (Å²) in [4.78, 5) is 13.7. The molecule has 0 fully saturated rings. The molecule has 0 saturated heterocycles. The summed E-state index contributed by atoms with van der Waals surface area (Å²) in [5.74, 6) is -0.972. The minimum atomic E-state index is -5.17. The van der Waals surface area contributed by atoms with E-state index < -0.39 is 22.4 Å². The molecule has 11 heteroatoms. The van der Waals surface area contributed by atoms with Crippen LogP contribution in [0.15, 0.2) is 30.5 Å². The maximum Gasteiger partial charge on any atom is 1.00 e. The third-order valence-electron chi connectivity index (χ3n) is 2.43. The second-order valence-electron chi connectivity index (χ2n) is 3.92. The average molecular weight is 378 g/mol. The average Bonchev–Trinajstić information content (AvgIpc) is 2.70.